The molecule has 0 bridgehead atoms. The minimum atomic E-state index is -0.238. The first-order chi connectivity index (χ1) is 16.5. The van der Waals surface area contributed by atoms with Crippen molar-refractivity contribution in [2.75, 3.05) is 25.1 Å². The highest BCUT2D eigenvalue weighted by Crippen LogP contribution is 2.19. The summed E-state index contributed by atoms with van der Waals surface area (Å²) in [6.45, 7) is 0.419. The van der Waals surface area contributed by atoms with Crippen molar-refractivity contribution in [1.82, 2.24) is 14.9 Å². The smallest absolute Gasteiger partial charge is 0.257 e. The third kappa shape index (κ3) is 5.74. The fraction of sp³-hybridized carbons (Fsp3) is 0.192. The molecule has 0 saturated heterocycles. The molecule has 8 heteroatoms. The van der Waals surface area contributed by atoms with E-state index in [0.29, 0.717) is 23.7 Å². The van der Waals surface area contributed by atoms with Crippen LogP contribution in [0.5, 0.6) is 5.75 Å². The molecule has 0 spiro atoms. The molecule has 1 heterocycles. The van der Waals surface area contributed by atoms with E-state index in [-0.39, 0.29) is 25.0 Å². The SMILES string of the molecule is CN(C(=O)Cn1c(CCNC(=O)COc2ccc(Cl)cc2)nc2ccccc21)c1ccccc1. The van der Waals surface area contributed by atoms with Crippen LogP contribution in [-0.4, -0.2) is 41.6 Å². The fourth-order valence-electron chi connectivity index (χ4n) is 3.57. The quantitative estimate of drug-likeness (QED) is 0.395. The maximum absolute atomic E-state index is 13.0. The predicted octanol–water partition coefficient (Wildman–Crippen LogP) is 4.09. The number of fused-ring (bicyclic) bond motifs is 1. The van der Waals surface area contributed by atoms with Gasteiger partial charge in [-0.05, 0) is 48.5 Å². The number of aromatic nitrogens is 2. The number of anilines is 1. The van der Waals surface area contributed by atoms with E-state index in [4.69, 9.17) is 21.3 Å². The van der Waals surface area contributed by atoms with Gasteiger partial charge >= 0.3 is 0 Å². The first kappa shape index (κ1) is 23.3. The minimum absolute atomic E-state index is 0.0593. The Morgan fingerprint density at radius 3 is 2.47 bits per heavy atom. The summed E-state index contributed by atoms with van der Waals surface area (Å²) in [6.07, 6.45) is 0.476. The predicted molar refractivity (Wildman–Crippen MR) is 133 cm³/mol. The second kappa shape index (κ2) is 10.9. The van der Waals surface area contributed by atoms with Gasteiger partial charge in [0.1, 0.15) is 18.1 Å². The lowest BCUT2D eigenvalue weighted by molar-refractivity contribution is -0.123. The number of hydrogen-bond acceptors (Lipinski definition) is 4. The molecule has 1 aromatic heterocycles. The van der Waals surface area contributed by atoms with Crippen molar-refractivity contribution in [2.24, 2.45) is 0 Å². The molecule has 174 valence electrons. The lowest BCUT2D eigenvalue weighted by Crippen LogP contribution is -2.32. The molecule has 0 aliphatic carbocycles. The summed E-state index contributed by atoms with van der Waals surface area (Å²) in [6, 6.07) is 24.0. The molecule has 0 saturated carbocycles. The van der Waals surface area contributed by atoms with Crippen LogP contribution in [0.3, 0.4) is 0 Å². The Labute approximate surface area is 202 Å². The van der Waals surface area contributed by atoms with Crippen LogP contribution in [0.2, 0.25) is 5.02 Å². The van der Waals surface area contributed by atoms with Crippen molar-refractivity contribution >= 4 is 40.1 Å². The van der Waals surface area contributed by atoms with Gasteiger partial charge in [-0.3, -0.25) is 9.59 Å². The number of imidazole rings is 1. The summed E-state index contributed by atoms with van der Waals surface area (Å²) in [5, 5.41) is 3.45. The van der Waals surface area contributed by atoms with Crippen molar-refractivity contribution in [3.05, 3.63) is 89.7 Å². The van der Waals surface area contributed by atoms with E-state index < -0.39 is 0 Å². The molecule has 0 radical (unpaired) electrons. The normalized spacial score (nSPS) is 10.8. The Morgan fingerprint density at radius 1 is 1.00 bits per heavy atom. The zero-order chi connectivity index (χ0) is 23.9. The molecule has 0 atom stereocenters. The van der Waals surface area contributed by atoms with Crippen LogP contribution in [0.4, 0.5) is 5.69 Å². The van der Waals surface area contributed by atoms with Gasteiger partial charge in [-0.25, -0.2) is 4.98 Å². The first-order valence-corrected chi connectivity index (χ1v) is 11.3. The standard InChI is InChI=1S/C26H25ClN4O3/c1-30(20-7-3-2-4-8-20)26(33)17-31-23-10-6-5-9-22(23)29-24(31)15-16-28-25(32)18-34-21-13-11-19(27)12-14-21/h2-14H,15-18H2,1H3,(H,28,32). The molecule has 0 aliphatic heterocycles. The van der Waals surface area contributed by atoms with E-state index in [9.17, 15) is 9.59 Å². The van der Waals surface area contributed by atoms with Gasteiger partial charge in [0.15, 0.2) is 6.61 Å². The highest BCUT2D eigenvalue weighted by Gasteiger charge is 2.17. The number of para-hydroxylation sites is 3. The van der Waals surface area contributed by atoms with Gasteiger partial charge in [-0.1, -0.05) is 41.9 Å². The zero-order valence-corrected chi connectivity index (χ0v) is 19.5. The second-order valence-electron chi connectivity index (χ2n) is 7.73. The Balaban J connectivity index is 1.39. The summed E-state index contributed by atoms with van der Waals surface area (Å²) >= 11 is 5.86. The molecular formula is C26H25ClN4O3. The van der Waals surface area contributed by atoms with Crippen LogP contribution in [0.25, 0.3) is 11.0 Å². The summed E-state index contributed by atoms with van der Waals surface area (Å²) in [7, 11) is 1.76. The lowest BCUT2D eigenvalue weighted by atomic mass is 10.3. The number of benzene rings is 3. The van der Waals surface area contributed by atoms with E-state index in [1.54, 1.807) is 36.2 Å². The number of rotatable bonds is 9. The maximum Gasteiger partial charge on any atom is 0.257 e. The number of nitrogens with zero attached hydrogens (tertiary/aromatic N) is 3. The fourth-order valence-corrected chi connectivity index (χ4v) is 3.70. The first-order valence-electron chi connectivity index (χ1n) is 10.9. The molecule has 4 rings (SSSR count). The second-order valence-corrected chi connectivity index (χ2v) is 8.17. The highest BCUT2D eigenvalue weighted by molar-refractivity contribution is 6.30. The van der Waals surface area contributed by atoms with Crippen molar-refractivity contribution in [1.29, 1.82) is 0 Å². The molecule has 2 amide bonds. The number of amides is 2. The topological polar surface area (TPSA) is 76.5 Å². The highest BCUT2D eigenvalue weighted by atomic mass is 35.5. The van der Waals surface area contributed by atoms with Crippen molar-refractivity contribution < 1.29 is 14.3 Å². The summed E-state index contributed by atoms with van der Waals surface area (Å²) in [5.41, 5.74) is 2.51. The van der Waals surface area contributed by atoms with Crippen LogP contribution in [0.1, 0.15) is 5.82 Å². The maximum atomic E-state index is 13.0. The van der Waals surface area contributed by atoms with Gasteiger partial charge in [0, 0.05) is 30.7 Å². The monoisotopic (exact) mass is 476 g/mol. The van der Waals surface area contributed by atoms with Crippen LogP contribution in [0.15, 0.2) is 78.9 Å². The molecule has 7 nitrogen and oxygen atoms in total. The van der Waals surface area contributed by atoms with Crippen molar-refractivity contribution in [3.8, 4) is 5.75 Å². The number of carbonyl (C=O) groups is 2. The van der Waals surface area contributed by atoms with E-state index in [1.165, 1.54) is 0 Å². The molecule has 0 fully saturated rings. The van der Waals surface area contributed by atoms with E-state index in [0.717, 1.165) is 22.5 Å². The Bertz CT molecular complexity index is 1270. The van der Waals surface area contributed by atoms with Crippen molar-refractivity contribution in [2.45, 2.75) is 13.0 Å². The van der Waals surface area contributed by atoms with E-state index >= 15 is 0 Å². The van der Waals surface area contributed by atoms with Crippen LogP contribution < -0.4 is 15.0 Å². The largest absolute Gasteiger partial charge is 0.484 e. The average molecular weight is 477 g/mol. The Kier molecular flexibility index (Phi) is 7.44. The number of nitrogens with one attached hydrogen (secondary N) is 1. The molecule has 0 aliphatic rings. The van der Waals surface area contributed by atoms with Gasteiger partial charge in [-0.15, -0.1) is 0 Å². The Hall–Kier alpha value is -3.84. The summed E-state index contributed by atoms with van der Waals surface area (Å²) < 4.78 is 7.39. The van der Waals surface area contributed by atoms with Crippen molar-refractivity contribution in [3.63, 3.8) is 0 Å². The lowest BCUT2D eigenvalue weighted by Gasteiger charge is -2.18. The molecular weight excluding hydrogens is 452 g/mol. The molecule has 4 aromatic rings. The zero-order valence-electron chi connectivity index (χ0n) is 18.8. The number of likely N-dealkylation sites (N-methyl/N-ethyl adjacent to an activating group) is 1. The number of carbonyl (C=O) groups excluding carboxylic acids is 2. The molecule has 3 aromatic carbocycles. The van der Waals surface area contributed by atoms with Crippen LogP contribution in [-0.2, 0) is 22.6 Å². The van der Waals surface area contributed by atoms with Gasteiger partial charge in [0.2, 0.25) is 5.91 Å². The minimum Gasteiger partial charge on any atom is -0.484 e. The molecule has 1 N–H and O–H groups in total. The molecule has 34 heavy (non-hydrogen) atoms. The third-order valence-corrected chi connectivity index (χ3v) is 5.65. The van der Waals surface area contributed by atoms with Gasteiger partial charge in [-0.2, -0.15) is 0 Å². The number of halogens is 1. The number of ether oxygens (including phenoxy) is 1. The third-order valence-electron chi connectivity index (χ3n) is 5.40. The van der Waals surface area contributed by atoms with Gasteiger partial charge in [0.25, 0.3) is 5.91 Å². The van der Waals surface area contributed by atoms with Gasteiger partial charge < -0.3 is 19.5 Å². The van der Waals surface area contributed by atoms with E-state index in [2.05, 4.69) is 5.32 Å². The average Bonchev–Trinajstić information content (AvgIpc) is 3.20. The summed E-state index contributed by atoms with van der Waals surface area (Å²) in [5.74, 6) is 1.01. The van der Waals surface area contributed by atoms with E-state index in [1.807, 2.05) is 59.2 Å². The van der Waals surface area contributed by atoms with Crippen LogP contribution in [0, 0.1) is 0 Å². The Morgan fingerprint density at radius 2 is 1.71 bits per heavy atom. The van der Waals surface area contributed by atoms with Crippen LogP contribution >= 0.6 is 11.6 Å². The van der Waals surface area contributed by atoms with Gasteiger partial charge in [0.05, 0.1) is 11.0 Å². The molecule has 0 unspecified atom stereocenters. The number of hydrogen-bond donors (Lipinski definition) is 1. The summed E-state index contributed by atoms with van der Waals surface area (Å²) in [4.78, 5) is 31.5.